The summed E-state index contributed by atoms with van der Waals surface area (Å²) in [5.41, 5.74) is 6.34. The van der Waals surface area contributed by atoms with Crippen LogP contribution in [0.5, 0.6) is 11.8 Å². The van der Waals surface area contributed by atoms with Gasteiger partial charge in [-0.15, -0.1) is 0 Å². The second-order valence-corrected chi connectivity index (χ2v) is 3.30. The van der Waals surface area contributed by atoms with Gasteiger partial charge in [-0.3, -0.25) is 0 Å². The van der Waals surface area contributed by atoms with Gasteiger partial charge in [-0.1, -0.05) is 6.07 Å². The third-order valence-corrected chi connectivity index (χ3v) is 1.94. The summed E-state index contributed by atoms with van der Waals surface area (Å²) in [6.07, 6.45) is 1.45. The quantitative estimate of drug-likeness (QED) is 0.841. The molecule has 0 aliphatic rings. The minimum Gasteiger partial charge on any atom is -0.421 e. The zero-order valence-corrected chi connectivity index (χ0v) is 8.64. The van der Waals surface area contributed by atoms with Crippen LogP contribution in [0.1, 0.15) is 5.56 Å². The van der Waals surface area contributed by atoms with Crippen molar-refractivity contribution in [2.45, 2.75) is 6.92 Å². The van der Waals surface area contributed by atoms with Gasteiger partial charge in [-0.05, 0) is 30.7 Å². The SMILES string of the molecule is Cc1ccc(F)c(Oc2nccc(N)n2)c1. The smallest absolute Gasteiger partial charge is 0.323 e. The highest BCUT2D eigenvalue weighted by molar-refractivity contribution is 5.33. The number of aryl methyl sites for hydroxylation is 1. The molecule has 82 valence electrons. The third kappa shape index (κ3) is 2.25. The van der Waals surface area contributed by atoms with E-state index in [1.165, 1.54) is 18.3 Å². The van der Waals surface area contributed by atoms with Crippen LogP contribution in [0.4, 0.5) is 10.2 Å². The van der Waals surface area contributed by atoms with E-state index < -0.39 is 5.82 Å². The van der Waals surface area contributed by atoms with Crippen LogP contribution < -0.4 is 10.5 Å². The van der Waals surface area contributed by atoms with Crippen molar-refractivity contribution in [3.8, 4) is 11.8 Å². The van der Waals surface area contributed by atoms with Crippen LogP contribution >= 0.6 is 0 Å². The third-order valence-electron chi connectivity index (χ3n) is 1.94. The van der Waals surface area contributed by atoms with Crippen LogP contribution in [-0.4, -0.2) is 9.97 Å². The van der Waals surface area contributed by atoms with Gasteiger partial charge in [0.1, 0.15) is 5.82 Å². The van der Waals surface area contributed by atoms with Gasteiger partial charge in [0.2, 0.25) is 0 Å². The number of ether oxygens (including phenoxy) is 1. The number of halogens is 1. The highest BCUT2D eigenvalue weighted by Gasteiger charge is 2.06. The molecule has 0 amide bonds. The molecule has 0 saturated carbocycles. The maximum absolute atomic E-state index is 13.3. The lowest BCUT2D eigenvalue weighted by Crippen LogP contribution is -1.97. The summed E-state index contributed by atoms with van der Waals surface area (Å²) in [5.74, 6) is -0.0970. The van der Waals surface area contributed by atoms with E-state index in [1.807, 2.05) is 6.92 Å². The van der Waals surface area contributed by atoms with E-state index in [0.29, 0.717) is 0 Å². The summed E-state index contributed by atoms with van der Waals surface area (Å²) < 4.78 is 18.5. The number of nitrogens with zero attached hydrogens (tertiary/aromatic N) is 2. The molecule has 2 aromatic rings. The van der Waals surface area contributed by atoms with Crippen molar-refractivity contribution in [3.63, 3.8) is 0 Å². The summed E-state index contributed by atoms with van der Waals surface area (Å²) in [7, 11) is 0. The summed E-state index contributed by atoms with van der Waals surface area (Å²) in [6, 6.07) is 6.12. The maximum atomic E-state index is 13.3. The minimum absolute atomic E-state index is 0.0319. The monoisotopic (exact) mass is 219 g/mol. The van der Waals surface area contributed by atoms with E-state index >= 15 is 0 Å². The summed E-state index contributed by atoms with van der Waals surface area (Å²) in [4.78, 5) is 7.64. The summed E-state index contributed by atoms with van der Waals surface area (Å²) >= 11 is 0. The molecule has 16 heavy (non-hydrogen) atoms. The fourth-order valence-corrected chi connectivity index (χ4v) is 1.19. The first-order valence-corrected chi connectivity index (χ1v) is 4.67. The van der Waals surface area contributed by atoms with Crippen molar-refractivity contribution < 1.29 is 9.13 Å². The molecule has 0 radical (unpaired) electrons. The van der Waals surface area contributed by atoms with E-state index in [4.69, 9.17) is 10.5 Å². The molecule has 0 aliphatic carbocycles. The van der Waals surface area contributed by atoms with Gasteiger partial charge in [0, 0.05) is 6.20 Å². The lowest BCUT2D eigenvalue weighted by molar-refractivity contribution is 0.411. The Labute approximate surface area is 91.9 Å². The molecule has 0 fully saturated rings. The van der Waals surface area contributed by atoms with Crippen molar-refractivity contribution in [3.05, 3.63) is 41.8 Å². The molecule has 0 unspecified atom stereocenters. The van der Waals surface area contributed by atoms with Crippen molar-refractivity contribution in [1.82, 2.24) is 9.97 Å². The first kappa shape index (κ1) is 10.4. The fourth-order valence-electron chi connectivity index (χ4n) is 1.19. The van der Waals surface area contributed by atoms with Gasteiger partial charge in [0.05, 0.1) is 0 Å². The van der Waals surface area contributed by atoms with Crippen LogP contribution in [0, 0.1) is 12.7 Å². The molecule has 0 bridgehead atoms. The van der Waals surface area contributed by atoms with E-state index in [-0.39, 0.29) is 17.6 Å². The maximum Gasteiger partial charge on any atom is 0.323 e. The van der Waals surface area contributed by atoms with Crippen LogP contribution in [0.3, 0.4) is 0 Å². The fraction of sp³-hybridized carbons (Fsp3) is 0.0909. The molecule has 0 saturated heterocycles. The van der Waals surface area contributed by atoms with Crippen LogP contribution in [0.25, 0.3) is 0 Å². The van der Waals surface area contributed by atoms with E-state index in [1.54, 1.807) is 12.1 Å². The first-order chi connectivity index (χ1) is 7.65. The van der Waals surface area contributed by atoms with Crippen molar-refractivity contribution in [2.24, 2.45) is 0 Å². The molecule has 2 N–H and O–H groups in total. The Kier molecular flexibility index (Phi) is 2.68. The van der Waals surface area contributed by atoms with Gasteiger partial charge in [-0.25, -0.2) is 9.37 Å². The predicted octanol–water partition coefficient (Wildman–Crippen LogP) is 2.30. The topological polar surface area (TPSA) is 61.0 Å². The predicted molar refractivity (Wildman–Crippen MR) is 57.7 cm³/mol. The number of aromatic nitrogens is 2. The normalized spacial score (nSPS) is 10.1. The molecule has 1 heterocycles. The molecule has 4 nitrogen and oxygen atoms in total. The number of benzene rings is 1. The van der Waals surface area contributed by atoms with Gasteiger partial charge in [0.25, 0.3) is 0 Å². The van der Waals surface area contributed by atoms with Gasteiger partial charge in [0.15, 0.2) is 11.6 Å². The molecular formula is C11H10FN3O. The van der Waals surface area contributed by atoms with E-state index in [9.17, 15) is 4.39 Å². The van der Waals surface area contributed by atoms with Crippen LogP contribution in [0.15, 0.2) is 30.5 Å². The summed E-state index contributed by atoms with van der Waals surface area (Å²) in [6.45, 7) is 1.84. The number of nitrogens with two attached hydrogens (primary N) is 1. The Bertz CT molecular complexity index is 516. The largest absolute Gasteiger partial charge is 0.421 e. The van der Waals surface area contributed by atoms with Crippen molar-refractivity contribution in [2.75, 3.05) is 5.73 Å². The number of rotatable bonds is 2. The molecular weight excluding hydrogens is 209 g/mol. The molecule has 5 heteroatoms. The Morgan fingerprint density at radius 3 is 2.88 bits per heavy atom. The lowest BCUT2D eigenvalue weighted by Gasteiger charge is -2.05. The molecule has 1 aromatic carbocycles. The van der Waals surface area contributed by atoms with Gasteiger partial charge in [-0.2, -0.15) is 4.98 Å². The van der Waals surface area contributed by atoms with Crippen LogP contribution in [0.2, 0.25) is 0 Å². The highest BCUT2D eigenvalue weighted by atomic mass is 19.1. The second kappa shape index (κ2) is 4.14. The molecule has 2 rings (SSSR count). The van der Waals surface area contributed by atoms with E-state index in [2.05, 4.69) is 9.97 Å². The standard InChI is InChI=1S/C11H10FN3O/c1-7-2-3-8(12)9(6-7)16-11-14-5-4-10(13)15-11/h2-6H,1H3,(H2,13,14,15). The number of nitrogen functional groups attached to an aromatic ring is 1. The Morgan fingerprint density at radius 2 is 2.12 bits per heavy atom. The zero-order chi connectivity index (χ0) is 11.5. The Balaban J connectivity index is 2.30. The minimum atomic E-state index is -0.461. The highest BCUT2D eigenvalue weighted by Crippen LogP contribution is 2.22. The van der Waals surface area contributed by atoms with Gasteiger partial charge >= 0.3 is 6.01 Å². The number of hydrogen-bond donors (Lipinski definition) is 1. The lowest BCUT2D eigenvalue weighted by atomic mass is 10.2. The summed E-state index contributed by atoms with van der Waals surface area (Å²) in [5, 5.41) is 0. The average molecular weight is 219 g/mol. The average Bonchev–Trinajstić information content (AvgIpc) is 2.24. The van der Waals surface area contributed by atoms with Crippen molar-refractivity contribution >= 4 is 5.82 Å². The molecule has 0 aliphatic heterocycles. The zero-order valence-electron chi connectivity index (χ0n) is 8.64. The second-order valence-electron chi connectivity index (χ2n) is 3.30. The van der Waals surface area contributed by atoms with Crippen molar-refractivity contribution in [1.29, 1.82) is 0 Å². The Hall–Kier alpha value is -2.17. The number of anilines is 1. The number of hydrogen-bond acceptors (Lipinski definition) is 4. The van der Waals surface area contributed by atoms with E-state index in [0.717, 1.165) is 5.56 Å². The molecule has 0 atom stereocenters. The first-order valence-electron chi connectivity index (χ1n) is 4.67. The molecule has 0 spiro atoms. The Morgan fingerprint density at radius 1 is 1.31 bits per heavy atom. The van der Waals surface area contributed by atoms with Crippen LogP contribution in [-0.2, 0) is 0 Å². The molecule has 1 aromatic heterocycles. The van der Waals surface area contributed by atoms with Gasteiger partial charge < -0.3 is 10.5 Å².